The Bertz CT molecular complexity index is 116. The predicted molar refractivity (Wildman–Crippen MR) is 56.9 cm³/mol. The first kappa shape index (κ1) is 11.4. The molecule has 0 atom stereocenters. The first-order valence-electron chi connectivity index (χ1n) is 5.02. The molecule has 0 spiro atoms. The van der Waals surface area contributed by atoms with Gasteiger partial charge in [0, 0.05) is 12.8 Å². The van der Waals surface area contributed by atoms with Crippen molar-refractivity contribution in [1.29, 1.82) is 0 Å². The predicted octanol–water partition coefficient (Wildman–Crippen LogP) is 3.60. The maximum atomic E-state index is 4.16. The Hall–Kier alpha value is -0.590. The fourth-order valence-electron chi connectivity index (χ4n) is 1.13. The molecule has 1 nitrogen and oxygen atoms in total. The second kappa shape index (κ2) is 10.4. The van der Waals surface area contributed by atoms with Gasteiger partial charge in [-0.2, -0.15) is 0 Å². The van der Waals surface area contributed by atoms with Crippen molar-refractivity contribution >= 4 is 6.21 Å². The summed E-state index contributed by atoms with van der Waals surface area (Å²) < 4.78 is 0. The Morgan fingerprint density at radius 2 is 1.75 bits per heavy atom. The van der Waals surface area contributed by atoms with Crippen molar-refractivity contribution in [3.63, 3.8) is 0 Å². The smallest absolute Gasteiger partial charge is 0.0389 e. The van der Waals surface area contributed by atoms with E-state index in [0.29, 0.717) is 0 Å². The molecule has 70 valence electrons. The highest BCUT2D eigenvalue weighted by molar-refractivity contribution is 5.69. The zero-order valence-corrected chi connectivity index (χ0v) is 8.26. The minimum absolute atomic E-state index is 0.970. The van der Waals surface area contributed by atoms with Gasteiger partial charge in [-0.1, -0.05) is 51.7 Å². The summed E-state index contributed by atoms with van der Waals surface area (Å²) in [6.07, 6.45) is 11.6. The van der Waals surface area contributed by atoms with Crippen molar-refractivity contribution in [2.24, 2.45) is 4.99 Å². The van der Waals surface area contributed by atoms with Crippen LogP contribution in [0.5, 0.6) is 0 Å². The quantitative estimate of drug-likeness (QED) is 0.387. The second-order valence-electron chi connectivity index (χ2n) is 3.06. The maximum Gasteiger partial charge on any atom is 0.0389 e. The van der Waals surface area contributed by atoms with Crippen LogP contribution in [0, 0.1) is 0 Å². The normalized spacial score (nSPS) is 10.8. The van der Waals surface area contributed by atoms with Crippen molar-refractivity contribution in [3.05, 3.63) is 12.7 Å². The number of hydrogen-bond acceptors (Lipinski definition) is 1. The number of allylic oxidation sites excluding steroid dienone is 1. The Balaban J connectivity index is 2.90. The van der Waals surface area contributed by atoms with Crippen LogP contribution >= 0.6 is 0 Å². The number of hydrogen-bond donors (Lipinski definition) is 0. The summed E-state index contributed by atoms with van der Waals surface area (Å²) in [5, 5.41) is 0. The van der Waals surface area contributed by atoms with Crippen LogP contribution in [0.1, 0.15) is 45.4 Å². The summed E-state index contributed by atoms with van der Waals surface area (Å²) in [6.45, 7) is 6.78. The Morgan fingerprint density at radius 3 is 2.42 bits per heavy atom. The molecule has 0 fully saturated rings. The van der Waals surface area contributed by atoms with Crippen LogP contribution in [0.15, 0.2) is 17.6 Å². The molecule has 0 aliphatic rings. The second-order valence-corrected chi connectivity index (χ2v) is 3.06. The molecule has 0 bridgehead atoms. The molecule has 0 radical (unpaired) electrons. The van der Waals surface area contributed by atoms with Crippen LogP contribution in [0.25, 0.3) is 0 Å². The number of aliphatic imine (C=N–C) groups is 1. The van der Waals surface area contributed by atoms with Gasteiger partial charge in [-0.15, -0.1) is 0 Å². The molecular weight excluding hydrogens is 146 g/mol. The van der Waals surface area contributed by atoms with Crippen LogP contribution < -0.4 is 0 Å². The van der Waals surface area contributed by atoms with Crippen LogP contribution in [0.3, 0.4) is 0 Å². The highest BCUT2D eigenvalue weighted by Crippen LogP contribution is 2.04. The minimum atomic E-state index is 0.970. The fraction of sp³-hybridized carbons (Fsp3) is 0.727. The van der Waals surface area contributed by atoms with Gasteiger partial charge in [0.05, 0.1) is 0 Å². The molecule has 0 rings (SSSR count). The minimum Gasteiger partial charge on any atom is -0.293 e. The first-order chi connectivity index (χ1) is 5.91. The zero-order chi connectivity index (χ0) is 9.07. The van der Waals surface area contributed by atoms with E-state index in [4.69, 9.17) is 0 Å². The van der Waals surface area contributed by atoms with Crippen molar-refractivity contribution in [1.82, 2.24) is 0 Å². The van der Waals surface area contributed by atoms with Crippen LogP contribution in [-0.2, 0) is 0 Å². The summed E-state index contributed by atoms with van der Waals surface area (Å²) in [6, 6.07) is 0. The summed E-state index contributed by atoms with van der Waals surface area (Å²) >= 11 is 0. The molecule has 0 aromatic carbocycles. The van der Waals surface area contributed by atoms with E-state index in [-0.39, 0.29) is 0 Å². The van der Waals surface area contributed by atoms with E-state index in [0.717, 1.165) is 6.54 Å². The summed E-state index contributed by atoms with van der Waals surface area (Å²) in [4.78, 5) is 4.16. The van der Waals surface area contributed by atoms with E-state index in [1.165, 1.54) is 38.5 Å². The van der Waals surface area contributed by atoms with E-state index in [2.05, 4.69) is 18.5 Å². The van der Waals surface area contributed by atoms with Crippen LogP contribution in [0.2, 0.25) is 0 Å². The highest BCUT2D eigenvalue weighted by atomic mass is 14.7. The summed E-state index contributed by atoms with van der Waals surface area (Å²) in [5.74, 6) is 0. The lowest BCUT2D eigenvalue weighted by Gasteiger charge is -1.96. The molecule has 0 unspecified atom stereocenters. The number of unbranched alkanes of at least 4 members (excludes halogenated alkanes) is 5. The highest BCUT2D eigenvalue weighted by Gasteiger charge is 1.87. The SMILES string of the molecule is C=C/C=N/CCCCCCCC. The van der Waals surface area contributed by atoms with E-state index in [1.54, 1.807) is 12.3 Å². The van der Waals surface area contributed by atoms with Crippen molar-refractivity contribution < 1.29 is 0 Å². The largest absolute Gasteiger partial charge is 0.293 e. The lowest BCUT2D eigenvalue weighted by Crippen LogP contribution is -1.83. The molecule has 0 amide bonds. The molecule has 0 heterocycles. The summed E-state index contributed by atoms with van der Waals surface area (Å²) in [5.41, 5.74) is 0. The van der Waals surface area contributed by atoms with Gasteiger partial charge < -0.3 is 0 Å². The summed E-state index contributed by atoms with van der Waals surface area (Å²) in [7, 11) is 0. The Morgan fingerprint density at radius 1 is 1.08 bits per heavy atom. The monoisotopic (exact) mass is 167 g/mol. The molecule has 0 saturated heterocycles. The first-order valence-corrected chi connectivity index (χ1v) is 5.02. The van der Waals surface area contributed by atoms with E-state index in [1.807, 2.05) is 0 Å². The van der Waals surface area contributed by atoms with Crippen molar-refractivity contribution in [3.8, 4) is 0 Å². The Kier molecular flexibility index (Phi) is 9.90. The van der Waals surface area contributed by atoms with Gasteiger partial charge in [-0.05, 0) is 6.42 Å². The van der Waals surface area contributed by atoms with Gasteiger partial charge in [0.15, 0.2) is 0 Å². The third kappa shape index (κ3) is 9.41. The Labute approximate surface area is 76.6 Å². The molecule has 0 N–H and O–H groups in total. The molecule has 0 aromatic rings. The van der Waals surface area contributed by atoms with E-state index < -0.39 is 0 Å². The number of nitrogens with zero attached hydrogens (tertiary/aromatic N) is 1. The lowest BCUT2D eigenvalue weighted by molar-refractivity contribution is 0.613. The average Bonchev–Trinajstić information content (AvgIpc) is 2.10. The molecule has 0 aromatic heterocycles. The molecule has 1 heteroatoms. The van der Waals surface area contributed by atoms with Crippen LogP contribution in [0.4, 0.5) is 0 Å². The molecule has 0 aliphatic carbocycles. The van der Waals surface area contributed by atoms with E-state index in [9.17, 15) is 0 Å². The molecule has 12 heavy (non-hydrogen) atoms. The third-order valence-electron chi connectivity index (χ3n) is 1.85. The van der Waals surface area contributed by atoms with Gasteiger partial charge in [0.2, 0.25) is 0 Å². The fourth-order valence-corrected chi connectivity index (χ4v) is 1.13. The van der Waals surface area contributed by atoms with Crippen molar-refractivity contribution in [2.75, 3.05) is 6.54 Å². The van der Waals surface area contributed by atoms with Gasteiger partial charge in [0.25, 0.3) is 0 Å². The van der Waals surface area contributed by atoms with Gasteiger partial charge in [-0.3, -0.25) is 4.99 Å². The van der Waals surface area contributed by atoms with Gasteiger partial charge >= 0.3 is 0 Å². The van der Waals surface area contributed by atoms with Gasteiger partial charge in [-0.25, -0.2) is 0 Å². The van der Waals surface area contributed by atoms with Crippen LogP contribution in [-0.4, -0.2) is 12.8 Å². The number of rotatable bonds is 8. The molecular formula is C11H21N. The standard InChI is InChI=1S/C11H21N/c1-3-5-6-7-8-9-11-12-10-4-2/h4,10H,2-3,5-9,11H2,1H3/b12-10+. The van der Waals surface area contributed by atoms with Gasteiger partial charge in [0.1, 0.15) is 0 Å². The zero-order valence-electron chi connectivity index (χ0n) is 8.26. The third-order valence-corrected chi connectivity index (χ3v) is 1.85. The topological polar surface area (TPSA) is 12.4 Å². The molecule has 0 saturated carbocycles. The average molecular weight is 167 g/mol. The molecule has 0 aliphatic heterocycles. The lowest BCUT2D eigenvalue weighted by atomic mass is 10.1. The van der Waals surface area contributed by atoms with E-state index >= 15 is 0 Å². The maximum absolute atomic E-state index is 4.16. The van der Waals surface area contributed by atoms with Crippen molar-refractivity contribution in [2.45, 2.75) is 45.4 Å².